The fraction of sp³-hybridized carbons (Fsp3) is 0.538. The van der Waals surface area contributed by atoms with Gasteiger partial charge in [0.1, 0.15) is 11.5 Å². The summed E-state index contributed by atoms with van der Waals surface area (Å²) >= 11 is 0. The zero-order valence-corrected chi connectivity index (χ0v) is 10.5. The largest absolute Gasteiger partial charge is 0.364 e. The van der Waals surface area contributed by atoms with Crippen LogP contribution in [0, 0.1) is 5.92 Å². The zero-order valence-electron chi connectivity index (χ0n) is 10.5. The van der Waals surface area contributed by atoms with Crippen molar-refractivity contribution in [3.63, 3.8) is 0 Å². The Morgan fingerprint density at radius 3 is 2.72 bits per heavy atom. The number of aromatic nitrogens is 1. The van der Waals surface area contributed by atoms with E-state index in [0.717, 1.165) is 50.6 Å². The highest BCUT2D eigenvalue weighted by molar-refractivity contribution is 5.91. The molecule has 0 saturated carbocycles. The Morgan fingerprint density at radius 1 is 1.39 bits per heavy atom. The molecule has 2 rings (SSSR count). The van der Waals surface area contributed by atoms with Crippen molar-refractivity contribution >= 4 is 11.7 Å². The van der Waals surface area contributed by atoms with E-state index in [1.807, 2.05) is 12.1 Å². The van der Waals surface area contributed by atoms with Crippen LogP contribution in [0.5, 0.6) is 0 Å². The maximum absolute atomic E-state index is 11.1. The first-order valence-electron chi connectivity index (χ1n) is 6.42. The van der Waals surface area contributed by atoms with Crippen molar-refractivity contribution < 1.29 is 4.79 Å². The monoisotopic (exact) mass is 248 g/mol. The Morgan fingerprint density at radius 2 is 2.11 bits per heavy atom. The maximum atomic E-state index is 11.1. The standard InChI is InChI=1S/C13H20N4O/c14-7-4-10-5-8-17(9-6-10)12-3-1-2-11(16-12)13(15)18/h1-3,10H,4-9,14H2,(H2,15,18). The minimum Gasteiger partial charge on any atom is -0.364 e. The molecule has 0 bridgehead atoms. The molecule has 1 aliphatic rings. The molecule has 1 aliphatic heterocycles. The Balaban J connectivity index is 2.01. The summed E-state index contributed by atoms with van der Waals surface area (Å²) in [5.74, 6) is 1.10. The number of carbonyl (C=O) groups is 1. The predicted molar refractivity (Wildman–Crippen MR) is 71.4 cm³/mol. The van der Waals surface area contributed by atoms with E-state index in [0.29, 0.717) is 5.69 Å². The van der Waals surface area contributed by atoms with Gasteiger partial charge in [-0.2, -0.15) is 0 Å². The Labute approximate surface area is 107 Å². The summed E-state index contributed by atoms with van der Waals surface area (Å²) < 4.78 is 0. The minimum absolute atomic E-state index is 0.330. The van der Waals surface area contributed by atoms with E-state index in [9.17, 15) is 4.79 Å². The molecule has 0 unspecified atom stereocenters. The fourth-order valence-electron chi connectivity index (χ4n) is 2.42. The SMILES string of the molecule is NCCC1CCN(c2cccc(C(N)=O)n2)CC1. The lowest BCUT2D eigenvalue weighted by molar-refractivity contribution is 0.0995. The number of hydrogen-bond donors (Lipinski definition) is 2. The Hall–Kier alpha value is -1.62. The Bertz CT molecular complexity index is 413. The first kappa shape index (κ1) is 12.8. The van der Waals surface area contributed by atoms with Gasteiger partial charge in [0.15, 0.2) is 0 Å². The van der Waals surface area contributed by atoms with E-state index in [1.165, 1.54) is 0 Å². The fourth-order valence-corrected chi connectivity index (χ4v) is 2.42. The second kappa shape index (κ2) is 5.82. The highest BCUT2D eigenvalue weighted by Gasteiger charge is 2.19. The molecular weight excluding hydrogens is 228 g/mol. The number of anilines is 1. The normalized spacial score (nSPS) is 16.8. The number of nitrogens with zero attached hydrogens (tertiary/aromatic N) is 2. The number of rotatable bonds is 4. The number of pyridine rings is 1. The lowest BCUT2D eigenvalue weighted by atomic mass is 9.94. The highest BCUT2D eigenvalue weighted by Crippen LogP contribution is 2.23. The second-order valence-electron chi connectivity index (χ2n) is 4.75. The number of carbonyl (C=O) groups excluding carboxylic acids is 1. The van der Waals surface area contributed by atoms with Gasteiger partial charge in [0.05, 0.1) is 0 Å². The van der Waals surface area contributed by atoms with Gasteiger partial charge < -0.3 is 16.4 Å². The number of amides is 1. The summed E-state index contributed by atoms with van der Waals surface area (Å²) in [7, 11) is 0. The molecule has 0 radical (unpaired) electrons. The van der Waals surface area contributed by atoms with E-state index >= 15 is 0 Å². The number of primary amides is 1. The highest BCUT2D eigenvalue weighted by atomic mass is 16.1. The van der Waals surface area contributed by atoms with Crippen LogP contribution in [0.4, 0.5) is 5.82 Å². The smallest absolute Gasteiger partial charge is 0.267 e. The van der Waals surface area contributed by atoms with Gasteiger partial charge in [-0.15, -0.1) is 0 Å². The average molecular weight is 248 g/mol. The van der Waals surface area contributed by atoms with Crippen molar-refractivity contribution in [3.05, 3.63) is 23.9 Å². The molecule has 0 aliphatic carbocycles. The molecule has 18 heavy (non-hydrogen) atoms. The van der Waals surface area contributed by atoms with Crippen molar-refractivity contribution in [2.24, 2.45) is 17.4 Å². The third kappa shape index (κ3) is 2.98. The van der Waals surface area contributed by atoms with Gasteiger partial charge in [0, 0.05) is 13.1 Å². The molecule has 5 heteroatoms. The summed E-state index contributed by atoms with van der Waals surface area (Å²) in [5.41, 5.74) is 11.2. The lowest BCUT2D eigenvalue weighted by Gasteiger charge is -2.32. The van der Waals surface area contributed by atoms with E-state index < -0.39 is 5.91 Å². The van der Waals surface area contributed by atoms with Crippen LogP contribution in [0.2, 0.25) is 0 Å². The number of hydrogen-bond acceptors (Lipinski definition) is 4. The van der Waals surface area contributed by atoms with Crippen molar-refractivity contribution in [2.75, 3.05) is 24.5 Å². The lowest BCUT2D eigenvalue weighted by Crippen LogP contribution is -2.35. The molecule has 4 N–H and O–H groups in total. The molecule has 5 nitrogen and oxygen atoms in total. The minimum atomic E-state index is -0.477. The van der Waals surface area contributed by atoms with E-state index in [4.69, 9.17) is 11.5 Å². The summed E-state index contributed by atoms with van der Waals surface area (Å²) in [6.45, 7) is 2.71. The molecule has 1 fully saturated rings. The van der Waals surface area contributed by atoms with Crippen LogP contribution in [-0.4, -0.2) is 30.5 Å². The molecule has 2 heterocycles. The topological polar surface area (TPSA) is 85.2 Å². The van der Waals surface area contributed by atoms with Crippen molar-refractivity contribution in [3.8, 4) is 0 Å². The number of nitrogens with two attached hydrogens (primary N) is 2. The van der Waals surface area contributed by atoms with Crippen molar-refractivity contribution in [1.29, 1.82) is 0 Å². The van der Waals surface area contributed by atoms with Crippen LogP contribution >= 0.6 is 0 Å². The summed E-state index contributed by atoms with van der Waals surface area (Å²) in [6.07, 6.45) is 3.38. The van der Waals surface area contributed by atoms with Crippen LogP contribution in [0.1, 0.15) is 29.8 Å². The van der Waals surface area contributed by atoms with Gasteiger partial charge >= 0.3 is 0 Å². The average Bonchev–Trinajstić information content (AvgIpc) is 2.40. The summed E-state index contributed by atoms with van der Waals surface area (Å²) in [4.78, 5) is 17.6. The number of piperidine rings is 1. The van der Waals surface area contributed by atoms with Gasteiger partial charge in [0.25, 0.3) is 5.91 Å². The third-order valence-electron chi connectivity index (χ3n) is 3.50. The van der Waals surface area contributed by atoms with E-state index in [2.05, 4.69) is 9.88 Å². The maximum Gasteiger partial charge on any atom is 0.267 e. The molecular formula is C13H20N4O. The molecule has 0 aromatic carbocycles. The van der Waals surface area contributed by atoms with Gasteiger partial charge in [-0.25, -0.2) is 4.98 Å². The van der Waals surface area contributed by atoms with E-state index in [1.54, 1.807) is 6.07 Å². The second-order valence-corrected chi connectivity index (χ2v) is 4.75. The van der Waals surface area contributed by atoms with Gasteiger partial charge in [-0.1, -0.05) is 6.07 Å². The molecule has 1 amide bonds. The molecule has 98 valence electrons. The molecule has 0 spiro atoms. The summed E-state index contributed by atoms with van der Waals surface area (Å²) in [5, 5.41) is 0. The van der Waals surface area contributed by atoms with Gasteiger partial charge in [-0.3, -0.25) is 4.79 Å². The summed E-state index contributed by atoms with van der Waals surface area (Å²) in [6, 6.07) is 5.40. The molecule has 1 saturated heterocycles. The predicted octanol–water partition coefficient (Wildman–Crippen LogP) is 0.746. The van der Waals surface area contributed by atoms with Crippen LogP contribution in [0.25, 0.3) is 0 Å². The van der Waals surface area contributed by atoms with Gasteiger partial charge in [-0.05, 0) is 43.9 Å². The molecule has 1 aromatic heterocycles. The first-order valence-corrected chi connectivity index (χ1v) is 6.42. The van der Waals surface area contributed by atoms with Gasteiger partial charge in [0.2, 0.25) is 0 Å². The van der Waals surface area contributed by atoms with Crippen LogP contribution in [0.3, 0.4) is 0 Å². The van der Waals surface area contributed by atoms with Crippen LogP contribution in [0.15, 0.2) is 18.2 Å². The molecule has 0 atom stereocenters. The quantitative estimate of drug-likeness (QED) is 0.823. The van der Waals surface area contributed by atoms with Crippen LogP contribution < -0.4 is 16.4 Å². The third-order valence-corrected chi connectivity index (χ3v) is 3.50. The first-order chi connectivity index (χ1) is 8.70. The molecule has 1 aromatic rings. The van der Waals surface area contributed by atoms with Crippen molar-refractivity contribution in [1.82, 2.24) is 4.98 Å². The van der Waals surface area contributed by atoms with Crippen LogP contribution in [-0.2, 0) is 0 Å². The Kier molecular flexibility index (Phi) is 4.15. The van der Waals surface area contributed by atoms with Crippen molar-refractivity contribution in [2.45, 2.75) is 19.3 Å². The zero-order chi connectivity index (χ0) is 13.0. The van der Waals surface area contributed by atoms with E-state index in [-0.39, 0.29) is 0 Å².